The maximum Gasteiger partial charge on any atom is 0.329 e. The van der Waals surface area contributed by atoms with E-state index in [4.69, 9.17) is 21.1 Å². The lowest BCUT2D eigenvalue weighted by atomic mass is 10.2. The summed E-state index contributed by atoms with van der Waals surface area (Å²) in [6, 6.07) is 12.1. The molecule has 26 heavy (non-hydrogen) atoms. The first-order chi connectivity index (χ1) is 12.5. The normalized spacial score (nSPS) is 10.4. The van der Waals surface area contributed by atoms with E-state index in [1.54, 1.807) is 42.5 Å². The van der Waals surface area contributed by atoms with Gasteiger partial charge in [0, 0.05) is 11.6 Å². The standard InChI is InChI=1S/C18H18ClN3O4/c1-25-15-8-5-13(9-16(15)26-2)11-21-22-18(24)17(23)20-10-12-3-6-14(19)7-4-12/h3-9,11H,10H2,1-2H3,(H,20,23)(H,22,24)/b21-11-. The number of nitrogens with one attached hydrogen (secondary N) is 2. The van der Waals surface area contributed by atoms with Crippen molar-refractivity contribution in [1.82, 2.24) is 10.7 Å². The molecule has 0 aromatic heterocycles. The lowest BCUT2D eigenvalue weighted by molar-refractivity contribution is -0.139. The number of amides is 2. The number of methoxy groups -OCH3 is 2. The molecule has 0 fully saturated rings. The first-order valence-electron chi connectivity index (χ1n) is 7.61. The van der Waals surface area contributed by atoms with Crippen molar-refractivity contribution in [3.05, 3.63) is 58.6 Å². The number of ether oxygens (including phenoxy) is 2. The van der Waals surface area contributed by atoms with Crippen molar-refractivity contribution in [2.45, 2.75) is 6.54 Å². The second-order valence-corrected chi connectivity index (χ2v) is 5.56. The molecule has 0 radical (unpaired) electrons. The Morgan fingerprint density at radius 2 is 1.73 bits per heavy atom. The molecule has 0 bridgehead atoms. The SMILES string of the molecule is COc1ccc(/C=N\NC(=O)C(=O)NCc2ccc(Cl)cc2)cc1OC. The van der Waals surface area contributed by atoms with E-state index in [0.29, 0.717) is 22.1 Å². The summed E-state index contributed by atoms with van der Waals surface area (Å²) >= 11 is 5.79. The molecule has 8 heteroatoms. The van der Waals surface area contributed by atoms with E-state index in [2.05, 4.69) is 15.8 Å². The number of rotatable bonds is 6. The third kappa shape index (κ3) is 5.49. The van der Waals surface area contributed by atoms with Crippen LogP contribution in [0, 0.1) is 0 Å². The van der Waals surface area contributed by atoms with E-state index >= 15 is 0 Å². The summed E-state index contributed by atoms with van der Waals surface area (Å²) in [5.74, 6) is -0.543. The molecule has 0 spiro atoms. The summed E-state index contributed by atoms with van der Waals surface area (Å²) in [4.78, 5) is 23.5. The molecule has 0 aliphatic heterocycles. The van der Waals surface area contributed by atoms with Crippen LogP contribution in [0.2, 0.25) is 5.02 Å². The molecule has 0 aliphatic rings. The van der Waals surface area contributed by atoms with E-state index in [1.807, 2.05) is 0 Å². The minimum absolute atomic E-state index is 0.211. The molecule has 0 saturated carbocycles. The highest BCUT2D eigenvalue weighted by molar-refractivity contribution is 6.35. The quantitative estimate of drug-likeness (QED) is 0.460. The van der Waals surface area contributed by atoms with Crippen LogP contribution >= 0.6 is 11.6 Å². The van der Waals surface area contributed by atoms with Crippen LogP contribution in [0.5, 0.6) is 11.5 Å². The van der Waals surface area contributed by atoms with Crippen molar-refractivity contribution in [3.8, 4) is 11.5 Å². The second kappa shape index (κ2) is 9.43. The van der Waals surface area contributed by atoms with Crippen LogP contribution in [-0.4, -0.2) is 32.2 Å². The number of hydrogen-bond donors (Lipinski definition) is 2. The largest absolute Gasteiger partial charge is 0.493 e. The summed E-state index contributed by atoms with van der Waals surface area (Å²) in [5.41, 5.74) is 3.66. The van der Waals surface area contributed by atoms with Crippen molar-refractivity contribution in [2.75, 3.05) is 14.2 Å². The number of halogens is 1. The van der Waals surface area contributed by atoms with Crippen LogP contribution in [0.4, 0.5) is 0 Å². The number of hydrazone groups is 1. The second-order valence-electron chi connectivity index (χ2n) is 5.12. The molecule has 2 rings (SSSR count). The molecule has 0 heterocycles. The summed E-state index contributed by atoms with van der Waals surface area (Å²) in [6.45, 7) is 0.211. The Balaban J connectivity index is 1.86. The zero-order valence-electron chi connectivity index (χ0n) is 14.3. The van der Waals surface area contributed by atoms with Crippen LogP contribution < -0.4 is 20.2 Å². The van der Waals surface area contributed by atoms with Gasteiger partial charge in [0.15, 0.2) is 11.5 Å². The van der Waals surface area contributed by atoms with Crippen LogP contribution in [0.25, 0.3) is 0 Å². The average molecular weight is 376 g/mol. The lowest BCUT2D eigenvalue weighted by Crippen LogP contribution is -2.37. The van der Waals surface area contributed by atoms with Gasteiger partial charge in [0.1, 0.15) is 0 Å². The van der Waals surface area contributed by atoms with Crippen LogP contribution in [0.3, 0.4) is 0 Å². The molecule has 2 amide bonds. The molecule has 2 aromatic rings. The predicted molar refractivity (Wildman–Crippen MR) is 98.6 cm³/mol. The molecule has 2 aromatic carbocycles. The van der Waals surface area contributed by atoms with Gasteiger partial charge in [0.05, 0.1) is 20.4 Å². The Morgan fingerprint density at radius 1 is 1.04 bits per heavy atom. The minimum atomic E-state index is -0.865. The third-order valence-electron chi connectivity index (χ3n) is 3.36. The van der Waals surface area contributed by atoms with Gasteiger partial charge in [-0.2, -0.15) is 5.10 Å². The number of hydrogen-bond acceptors (Lipinski definition) is 5. The monoisotopic (exact) mass is 375 g/mol. The highest BCUT2D eigenvalue weighted by Crippen LogP contribution is 2.26. The van der Waals surface area contributed by atoms with Crippen LogP contribution in [0.15, 0.2) is 47.6 Å². The predicted octanol–water partition coefficient (Wildman–Crippen LogP) is 2.12. The Hall–Kier alpha value is -3.06. The maximum atomic E-state index is 11.7. The van der Waals surface area contributed by atoms with E-state index in [-0.39, 0.29) is 6.54 Å². The van der Waals surface area contributed by atoms with Gasteiger partial charge in [0.2, 0.25) is 0 Å². The first-order valence-corrected chi connectivity index (χ1v) is 7.99. The Bertz CT molecular complexity index is 807. The van der Waals surface area contributed by atoms with Gasteiger partial charge in [-0.05, 0) is 41.5 Å². The summed E-state index contributed by atoms with van der Waals surface area (Å²) < 4.78 is 10.3. The Labute approximate surface area is 155 Å². The van der Waals surface area contributed by atoms with Gasteiger partial charge in [-0.3, -0.25) is 9.59 Å². The van der Waals surface area contributed by atoms with Gasteiger partial charge in [-0.25, -0.2) is 5.43 Å². The van der Waals surface area contributed by atoms with Gasteiger partial charge in [0.25, 0.3) is 0 Å². The molecule has 0 aliphatic carbocycles. The lowest BCUT2D eigenvalue weighted by Gasteiger charge is -2.07. The number of benzene rings is 2. The summed E-state index contributed by atoms with van der Waals surface area (Å²) in [7, 11) is 3.06. The molecular weight excluding hydrogens is 358 g/mol. The van der Waals surface area contributed by atoms with Crippen LogP contribution in [-0.2, 0) is 16.1 Å². The Kier molecular flexibility index (Phi) is 6.99. The summed E-state index contributed by atoms with van der Waals surface area (Å²) in [6.07, 6.45) is 1.40. The fourth-order valence-corrected chi connectivity index (χ4v) is 2.14. The minimum Gasteiger partial charge on any atom is -0.493 e. The fraction of sp³-hybridized carbons (Fsp3) is 0.167. The van der Waals surface area contributed by atoms with E-state index in [9.17, 15) is 9.59 Å². The van der Waals surface area contributed by atoms with Crippen molar-refractivity contribution in [1.29, 1.82) is 0 Å². The molecule has 0 atom stereocenters. The molecular formula is C18H18ClN3O4. The topological polar surface area (TPSA) is 89.0 Å². The van der Waals surface area contributed by atoms with Crippen molar-refractivity contribution in [2.24, 2.45) is 5.10 Å². The molecule has 2 N–H and O–H groups in total. The van der Waals surface area contributed by atoms with Gasteiger partial charge >= 0.3 is 11.8 Å². The van der Waals surface area contributed by atoms with Crippen LogP contribution in [0.1, 0.15) is 11.1 Å². The van der Waals surface area contributed by atoms with E-state index in [1.165, 1.54) is 20.4 Å². The van der Waals surface area contributed by atoms with E-state index < -0.39 is 11.8 Å². The van der Waals surface area contributed by atoms with Crippen molar-refractivity contribution < 1.29 is 19.1 Å². The number of carbonyl (C=O) groups excluding carboxylic acids is 2. The van der Waals surface area contributed by atoms with Gasteiger partial charge in [-0.1, -0.05) is 23.7 Å². The molecule has 0 unspecified atom stereocenters. The smallest absolute Gasteiger partial charge is 0.329 e. The number of nitrogens with zero attached hydrogens (tertiary/aromatic N) is 1. The molecule has 136 valence electrons. The highest BCUT2D eigenvalue weighted by atomic mass is 35.5. The Morgan fingerprint density at radius 3 is 2.38 bits per heavy atom. The van der Waals surface area contributed by atoms with E-state index in [0.717, 1.165) is 5.56 Å². The summed E-state index contributed by atoms with van der Waals surface area (Å²) in [5, 5.41) is 6.86. The molecule has 0 saturated heterocycles. The number of carbonyl (C=O) groups is 2. The molecule has 7 nitrogen and oxygen atoms in total. The highest BCUT2D eigenvalue weighted by Gasteiger charge is 2.12. The maximum absolute atomic E-state index is 11.7. The third-order valence-corrected chi connectivity index (χ3v) is 3.61. The zero-order chi connectivity index (χ0) is 18.9. The fourth-order valence-electron chi connectivity index (χ4n) is 2.01. The average Bonchev–Trinajstić information content (AvgIpc) is 2.67. The van der Waals surface area contributed by atoms with Gasteiger partial charge in [-0.15, -0.1) is 0 Å². The van der Waals surface area contributed by atoms with Crippen molar-refractivity contribution in [3.63, 3.8) is 0 Å². The first kappa shape index (κ1) is 19.3. The zero-order valence-corrected chi connectivity index (χ0v) is 15.0. The van der Waals surface area contributed by atoms with Crippen molar-refractivity contribution >= 4 is 29.6 Å². The van der Waals surface area contributed by atoms with Gasteiger partial charge < -0.3 is 14.8 Å².